The molecule has 12 aromatic rings. The van der Waals surface area contributed by atoms with E-state index in [0.717, 1.165) is 50.3 Å². The summed E-state index contributed by atoms with van der Waals surface area (Å²) in [6, 6.07) is 58.8. The second-order valence-corrected chi connectivity index (χ2v) is 29.5. The van der Waals surface area contributed by atoms with Crippen molar-refractivity contribution in [3.63, 3.8) is 0 Å². The molecule has 1 unspecified atom stereocenters. The normalized spacial score (nSPS) is 14.4. The van der Waals surface area contributed by atoms with Crippen LogP contribution in [0.3, 0.4) is 0 Å². The van der Waals surface area contributed by atoms with Crippen LogP contribution in [0.1, 0.15) is 145 Å². The Hall–Kier alpha value is -7.44. The van der Waals surface area contributed by atoms with Crippen LogP contribution in [-0.2, 0) is 52.0 Å². The second kappa shape index (κ2) is 29.9. The van der Waals surface area contributed by atoms with E-state index in [2.05, 4.69) is 164 Å². The van der Waals surface area contributed by atoms with Gasteiger partial charge in [-0.15, -0.1) is 0 Å². The summed E-state index contributed by atoms with van der Waals surface area (Å²) in [6.07, 6.45) is 16.4. The van der Waals surface area contributed by atoms with Crippen LogP contribution >= 0.6 is 7.82 Å². The van der Waals surface area contributed by atoms with E-state index in [9.17, 15) is 34.1 Å². The van der Waals surface area contributed by atoms with E-state index >= 15 is 0 Å². The Balaban J connectivity index is 0.656. The summed E-state index contributed by atoms with van der Waals surface area (Å²) >= 11 is 0. The van der Waals surface area contributed by atoms with E-state index < -0.39 is 49.8 Å². The Kier molecular flexibility index (Phi) is 21.3. The molecule has 3 atom stereocenters. The molecule has 494 valence electrons. The van der Waals surface area contributed by atoms with Crippen molar-refractivity contribution in [1.82, 2.24) is 0 Å². The smallest absolute Gasteiger partial charge is 0.305 e. The largest absolute Gasteiger partial charge is 0.756 e. The first kappa shape index (κ1) is 67.5. The van der Waals surface area contributed by atoms with Gasteiger partial charge in [0.1, 0.15) is 19.8 Å². The van der Waals surface area contributed by atoms with Gasteiger partial charge in [0.2, 0.25) is 0 Å². The minimum Gasteiger partial charge on any atom is -0.756 e. The first-order chi connectivity index (χ1) is 46.0. The van der Waals surface area contributed by atoms with Crippen LogP contribution in [-0.4, -0.2) is 90.9 Å². The number of quaternary nitrogens is 1. The van der Waals surface area contributed by atoms with Crippen LogP contribution < -0.4 is 4.89 Å². The van der Waals surface area contributed by atoms with Crippen LogP contribution in [0.4, 0.5) is 0 Å². The zero-order valence-electron chi connectivity index (χ0n) is 55.7. The van der Waals surface area contributed by atoms with Crippen molar-refractivity contribution >= 4 is 122 Å². The number of unbranched alkanes of at least 4 members (excludes halogenated alkanes) is 14. The van der Waals surface area contributed by atoms with Gasteiger partial charge in [-0.25, -0.2) is 0 Å². The molecule has 0 saturated carbocycles. The number of benzene rings is 12. The number of carbonyl (C=O) groups is 3. The van der Waals surface area contributed by atoms with Crippen LogP contribution in [0.5, 0.6) is 0 Å². The number of hydrogen-bond acceptors (Lipinski definition) is 10. The fraction of sp³-hybridized carbons (Fsp3) is 0.386. The molecule has 95 heavy (non-hydrogen) atoms. The third-order valence-electron chi connectivity index (χ3n) is 20.4. The van der Waals surface area contributed by atoms with Gasteiger partial charge in [0, 0.05) is 19.3 Å². The Morgan fingerprint density at radius 1 is 0.379 bits per heavy atom. The van der Waals surface area contributed by atoms with E-state index in [-0.39, 0.29) is 45.3 Å². The summed E-state index contributed by atoms with van der Waals surface area (Å²) in [5.74, 6) is -2.65. The molecule has 0 fully saturated rings. The number of Topliss-reactive ketones (excluding diaryl/α,β-unsaturated/α-hetero) is 2. The summed E-state index contributed by atoms with van der Waals surface area (Å²) in [4.78, 5) is 56.7. The molecule has 0 aliphatic carbocycles. The highest BCUT2D eigenvalue weighted by atomic mass is 31.2. The molecular formula is C83H92NO10P. The van der Waals surface area contributed by atoms with Gasteiger partial charge >= 0.3 is 5.97 Å². The predicted octanol–water partition coefficient (Wildman–Crippen LogP) is 18.6. The highest BCUT2D eigenvalue weighted by molar-refractivity contribution is 7.45. The van der Waals surface area contributed by atoms with Gasteiger partial charge in [-0.1, -0.05) is 234 Å². The fourth-order valence-electron chi connectivity index (χ4n) is 14.9. The molecule has 11 nitrogen and oxygen atoms in total. The molecule has 0 aliphatic rings. The number of likely N-dealkylation sites (N-methyl/N-ethyl adjacent to an activating group) is 1. The van der Waals surface area contributed by atoms with Gasteiger partial charge in [0.25, 0.3) is 7.82 Å². The number of ketones is 2. The summed E-state index contributed by atoms with van der Waals surface area (Å²) in [5.41, 5.74) is -2.44. The molecule has 12 heteroatoms. The zero-order chi connectivity index (χ0) is 66.2. The lowest BCUT2D eigenvalue weighted by Gasteiger charge is -2.41. The number of aryl methyl sites for hydroxylation is 3. The Labute approximate surface area is 558 Å². The minimum atomic E-state index is -5.23. The van der Waals surface area contributed by atoms with Crippen LogP contribution in [0.15, 0.2) is 164 Å². The van der Waals surface area contributed by atoms with E-state index in [4.69, 9.17) is 13.8 Å². The first-order valence-electron chi connectivity index (χ1n) is 35.0. The average Bonchev–Trinajstić information content (AvgIpc) is 0.768. The minimum absolute atomic E-state index is 0.00714. The van der Waals surface area contributed by atoms with Crippen molar-refractivity contribution in [1.29, 1.82) is 0 Å². The molecule has 0 spiro atoms. The summed E-state index contributed by atoms with van der Waals surface area (Å²) < 4.78 is 30.0. The third-order valence-corrected chi connectivity index (χ3v) is 21.3. The number of phosphoric ester groups is 1. The van der Waals surface area contributed by atoms with Crippen molar-refractivity contribution in [3.8, 4) is 0 Å². The standard InChI is InChI=1S/C83H92NO10P/c1-84(2,3)54-55-93-95(90,91)94-57-83(89,74(86)34-19-14-17-26-60-38-41-69-47-44-63-29-23-32-66-50-53-72(60)81(69)78(63)66)82(88,73(85)33-18-13-16-25-59-37-40-68-46-43-62-28-22-31-65-49-52-71(59)80(68)77(62)65)56-92-75(87)35-20-12-10-8-6-4-5-7-9-11-15-24-58-36-39-67-45-42-61-27-21-30-64-48-51-70(58)79(67)76(61)64/h21-23,27-32,36-53,88-89H,4-20,24-26,33-35,54-57H2,1-3H3/t82-,83-/m1/s1. The van der Waals surface area contributed by atoms with E-state index in [1.807, 2.05) is 21.1 Å². The number of esters is 1. The van der Waals surface area contributed by atoms with E-state index in [1.165, 1.54) is 140 Å². The molecule has 12 rings (SSSR count). The number of hydrogen-bond donors (Lipinski definition) is 2. The summed E-state index contributed by atoms with van der Waals surface area (Å²) in [7, 11) is 0.367. The maximum Gasteiger partial charge on any atom is 0.305 e. The third kappa shape index (κ3) is 15.2. The zero-order valence-corrected chi connectivity index (χ0v) is 56.6. The number of ether oxygens (including phenoxy) is 1. The molecule has 0 heterocycles. The van der Waals surface area contributed by atoms with E-state index in [1.54, 1.807) is 0 Å². The molecule has 0 radical (unpaired) electrons. The lowest BCUT2D eigenvalue weighted by Crippen LogP contribution is -2.68. The van der Waals surface area contributed by atoms with Crippen molar-refractivity contribution in [3.05, 3.63) is 180 Å². The quantitative estimate of drug-likeness (QED) is 0.0125. The molecule has 0 amide bonds. The molecular weight excluding hydrogens is 1200 g/mol. The SMILES string of the molecule is C[N+](C)(C)CCOP(=O)([O-])OC[C@@](O)(C(=O)CCCCCc1ccc2ccc3cccc4ccc1c2c34)[C@@](O)(COC(=O)CCCCCCCCCCCCCc1ccc2ccc3cccc4ccc1c2c34)C(=O)CCCCCc1ccc2ccc3cccc4ccc1c2c34. The van der Waals surface area contributed by atoms with Gasteiger partial charge in [-0.2, -0.15) is 0 Å². The average molecular weight is 1290 g/mol. The maximum absolute atomic E-state index is 14.8. The number of aliphatic hydroxyl groups is 2. The van der Waals surface area contributed by atoms with Crippen molar-refractivity contribution in [2.24, 2.45) is 0 Å². The molecule has 0 aliphatic heterocycles. The van der Waals surface area contributed by atoms with E-state index in [0.29, 0.717) is 43.0 Å². The molecule has 0 saturated heterocycles. The lowest BCUT2D eigenvalue weighted by molar-refractivity contribution is -0.870. The number of nitrogens with zero attached hydrogens (tertiary/aromatic N) is 1. The Bertz CT molecular complexity index is 4640. The summed E-state index contributed by atoms with van der Waals surface area (Å²) in [5, 5.41) is 48.0. The fourth-order valence-corrected chi connectivity index (χ4v) is 15.7. The maximum atomic E-state index is 14.8. The highest BCUT2D eigenvalue weighted by Gasteiger charge is 2.60. The highest BCUT2D eigenvalue weighted by Crippen LogP contribution is 2.44. The molecule has 12 aromatic carbocycles. The van der Waals surface area contributed by atoms with Crippen molar-refractivity contribution < 1.29 is 52.3 Å². The Morgan fingerprint density at radius 3 is 1.04 bits per heavy atom. The topological polar surface area (TPSA) is 159 Å². The first-order valence-corrected chi connectivity index (χ1v) is 36.5. The van der Waals surface area contributed by atoms with Gasteiger partial charge in [0.15, 0.2) is 22.8 Å². The number of carbonyl (C=O) groups excluding carboxylic acids is 3. The molecule has 0 bridgehead atoms. The monoisotopic (exact) mass is 1290 g/mol. The van der Waals surface area contributed by atoms with Gasteiger partial charge < -0.3 is 33.4 Å². The van der Waals surface area contributed by atoms with Gasteiger partial charge in [-0.3, -0.25) is 18.9 Å². The lowest BCUT2D eigenvalue weighted by atomic mass is 9.75. The molecule has 0 aromatic heterocycles. The van der Waals surface area contributed by atoms with Crippen molar-refractivity contribution in [2.75, 3.05) is 47.5 Å². The van der Waals surface area contributed by atoms with Crippen LogP contribution in [0.2, 0.25) is 0 Å². The van der Waals surface area contributed by atoms with Crippen LogP contribution in [0, 0.1) is 0 Å². The predicted molar refractivity (Wildman–Crippen MR) is 387 cm³/mol. The molecule has 2 N–H and O–H groups in total. The number of rotatable bonds is 38. The van der Waals surface area contributed by atoms with Gasteiger partial charge in [0.05, 0.1) is 27.7 Å². The van der Waals surface area contributed by atoms with Crippen molar-refractivity contribution in [2.45, 2.75) is 159 Å². The number of phosphoric acid groups is 1. The summed E-state index contributed by atoms with van der Waals surface area (Å²) in [6.45, 7) is -2.36. The van der Waals surface area contributed by atoms with Crippen LogP contribution in [0.25, 0.3) is 97.0 Å². The Morgan fingerprint density at radius 2 is 0.674 bits per heavy atom. The van der Waals surface area contributed by atoms with Gasteiger partial charge in [-0.05, 0) is 171 Å². The second-order valence-electron chi connectivity index (χ2n) is 28.0.